The number of hydrogen-bond acceptors (Lipinski definition) is 5. The summed E-state index contributed by atoms with van der Waals surface area (Å²) < 4.78 is 73.9. The number of halogens is 4. The summed E-state index contributed by atoms with van der Waals surface area (Å²) in [5.41, 5.74) is 0.258. The fourth-order valence-corrected chi connectivity index (χ4v) is 3.58. The van der Waals surface area contributed by atoms with E-state index in [-0.39, 0.29) is 22.3 Å². The Kier molecular flexibility index (Phi) is 6.94. The molecule has 0 atom stereocenters. The van der Waals surface area contributed by atoms with Crippen LogP contribution in [-0.4, -0.2) is 27.4 Å². The van der Waals surface area contributed by atoms with Crippen LogP contribution in [0.3, 0.4) is 0 Å². The summed E-state index contributed by atoms with van der Waals surface area (Å²) in [6.45, 7) is 2.09. The summed E-state index contributed by atoms with van der Waals surface area (Å²) in [4.78, 5) is 11.0. The van der Waals surface area contributed by atoms with Gasteiger partial charge < -0.3 is 9.47 Å². The van der Waals surface area contributed by atoms with Gasteiger partial charge in [0, 0.05) is 10.2 Å². The number of carbonyl (C=O) groups excluding carboxylic acids is 1. The second-order valence-electron chi connectivity index (χ2n) is 5.46. The smallest absolute Gasteiger partial charge is 0.462 e. The predicted molar refractivity (Wildman–Crippen MR) is 98.6 cm³/mol. The van der Waals surface area contributed by atoms with E-state index >= 15 is 0 Å². The Balaban J connectivity index is 2.25. The van der Waals surface area contributed by atoms with E-state index in [1.54, 1.807) is 0 Å². The number of nitrogens with one attached hydrogen (secondary N) is 1. The van der Waals surface area contributed by atoms with Crippen LogP contribution in [0.2, 0.25) is 0 Å². The van der Waals surface area contributed by atoms with Gasteiger partial charge in [-0.15, -0.1) is 13.2 Å². The third-order valence-corrected chi connectivity index (χ3v) is 5.15. The van der Waals surface area contributed by atoms with Crippen LogP contribution in [0.25, 0.3) is 0 Å². The molecule has 152 valence electrons. The number of hydrogen-bond donors (Lipinski definition) is 1. The molecular formula is C17H15BrF3NO5S. The Hall–Kier alpha value is -2.27. The molecule has 0 amide bonds. The third kappa shape index (κ3) is 6.13. The van der Waals surface area contributed by atoms with E-state index in [1.165, 1.54) is 30.3 Å². The average molecular weight is 482 g/mol. The van der Waals surface area contributed by atoms with Crippen molar-refractivity contribution >= 4 is 37.6 Å². The molecule has 0 heterocycles. The Morgan fingerprint density at radius 1 is 1.14 bits per heavy atom. The van der Waals surface area contributed by atoms with Crippen LogP contribution in [0.5, 0.6) is 5.75 Å². The van der Waals surface area contributed by atoms with Gasteiger partial charge in [0.2, 0.25) is 0 Å². The highest BCUT2D eigenvalue weighted by Gasteiger charge is 2.34. The zero-order valence-corrected chi connectivity index (χ0v) is 16.8. The van der Waals surface area contributed by atoms with Crippen LogP contribution < -0.4 is 9.46 Å². The molecule has 28 heavy (non-hydrogen) atoms. The predicted octanol–water partition coefficient (Wildman–Crippen LogP) is 4.72. The minimum atomic E-state index is -5.06. The first-order chi connectivity index (χ1) is 13.0. The molecule has 0 aliphatic heterocycles. The van der Waals surface area contributed by atoms with Crippen LogP contribution in [-0.2, 0) is 14.8 Å². The fraction of sp³-hybridized carbons (Fsp3) is 0.235. The van der Waals surface area contributed by atoms with Gasteiger partial charge in [-0.2, -0.15) is 0 Å². The van der Waals surface area contributed by atoms with Crippen molar-refractivity contribution in [1.29, 1.82) is 0 Å². The Morgan fingerprint density at radius 2 is 1.79 bits per heavy atom. The molecule has 2 aromatic rings. The van der Waals surface area contributed by atoms with Crippen LogP contribution in [0, 0.1) is 0 Å². The number of ether oxygens (including phenoxy) is 2. The summed E-state index contributed by atoms with van der Waals surface area (Å²) in [5.74, 6) is -1.45. The van der Waals surface area contributed by atoms with E-state index in [4.69, 9.17) is 4.74 Å². The fourth-order valence-electron chi connectivity index (χ4n) is 2.07. The first-order valence-electron chi connectivity index (χ1n) is 7.87. The molecule has 0 fully saturated rings. The van der Waals surface area contributed by atoms with Gasteiger partial charge in [0.05, 0.1) is 12.2 Å². The van der Waals surface area contributed by atoms with Crippen LogP contribution in [0.4, 0.5) is 18.9 Å². The highest BCUT2D eigenvalue weighted by molar-refractivity contribution is 9.10. The van der Waals surface area contributed by atoms with E-state index in [0.717, 1.165) is 12.1 Å². The van der Waals surface area contributed by atoms with Gasteiger partial charge in [-0.05, 0) is 48.9 Å². The van der Waals surface area contributed by atoms with Crippen molar-refractivity contribution < 1.29 is 35.9 Å². The molecule has 1 N–H and O–H groups in total. The van der Waals surface area contributed by atoms with E-state index in [2.05, 4.69) is 25.4 Å². The number of esters is 1. The van der Waals surface area contributed by atoms with Crippen molar-refractivity contribution in [1.82, 2.24) is 0 Å². The summed E-state index contributed by atoms with van der Waals surface area (Å²) in [5, 5.41) is 0. The molecule has 0 bridgehead atoms. The maximum atomic E-state index is 12.6. The summed E-state index contributed by atoms with van der Waals surface area (Å²) in [7, 11) is -4.39. The Labute approximate surface area is 167 Å². The molecule has 0 spiro atoms. The molecule has 0 radical (unpaired) electrons. The minimum absolute atomic E-state index is 0.0490. The quantitative estimate of drug-likeness (QED) is 0.578. The molecule has 0 unspecified atom stereocenters. The highest BCUT2D eigenvalue weighted by Crippen LogP contribution is 2.33. The number of sulfonamides is 1. The summed E-state index contributed by atoms with van der Waals surface area (Å²) in [6, 6.07) is 8.41. The Morgan fingerprint density at radius 3 is 2.36 bits per heavy atom. The lowest BCUT2D eigenvalue weighted by Gasteiger charge is -2.15. The summed E-state index contributed by atoms with van der Waals surface area (Å²) in [6.07, 6.45) is -4.41. The number of benzene rings is 2. The molecule has 6 nitrogen and oxygen atoms in total. The summed E-state index contributed by atoms with van der Waals surface area (Å²) >= 11 is 2.97. The van der Waals surface area contributed by atoms with Gasteiger partial charge >= 0.3 is 12.3 Å². The minimum Gasteiger partial charge on any atom is -0.462 e. The molecule has 0 aliphatic carbocycles. The molecule has 2 aromatic carbocycles. The zero-order valence-electron chi connectivity index (χ0n) is 14.4. The van der Waals surface area contributed by atoms with E-state index in [0.29, 0.717) is 6.42 Å². The van der Waals surface area contributed by atoms with Crippen molar-refractivity contribution in [3.05, 3.63) is 52.5 Å². The lowest BCUT2D eigenvalue weighted by molar-refractivity contribution is -0.275. The maximum absolute atomic E-state index is 12.6. The van der Waals surface area contributed by atoms with Gasteiger partial charge in [-0.25, -0.2) is 13.2 Å². The molecule has 0 aromatic heterocycles. The highest BCUT2D eigenvalue weighted by atomic mass is 79.9. The van der Waals surface area contributed by atoms with Gasteiger partial charge in [0.25, 0.3) is 10.0 Å². The third-order valence-electron chi connectivity index (χ3n) is 3.23. The second kappa shape index (κ2) is 8.82. The topological polar surface area (TPSA) is 81.7 Å². The first-order valence-corrected chi connectivity index (χ1v) is 10.1. The van der Waals surface area contributed by atoms with Crippen LogP contribution in [0.1, 0.15) is 23.7 Å². The van der Waals surface area contributed by atoms with Crippen molar-refractivity contribution in [2.75, 3.05) is 11.3 Å². The number of carbonyl (C=O) groups is 1. The maximum Gasteiger partial charge on any atom is 0.573 e. The Bertz CT molecular complexity index is 946. The molecule has 0 saturated heterocycles. The molecule has 11 heteroatoms. The molecule has 2 rings (SSSR count). The van der Waals surface area contributed by atoms with E-state index < -0.39 is 33.0 Å². The molecular weight excluding hydrogens is 467 g/mol. The lowest BCUT2D eigenvalue weighted by atomic mass is 10.2. The number of rotatable bonds is 7. The number of anilines is 1. The van der Waals surface area contributed by atoms with Gasteiger partial charge in [0.1, 0.15) is 4.90 Å². The van der Waals surface area contributed by atoms with Crippen molar-refractivity contribution in [2.24, 2.45) is 0 Å². The van der Waals surface area contributed by atoms with Crippen molar-refractivity contribution in [3.8, 4) is 5.75 Å². The second-order valence-corrected chi connectivity index (χ2v) is 8.02. The normalized spacial score (nSPS) is 11.8. The van der Waals surface area contributed by atoms with Crippen LogP contribution in [0.15, 0.2) is 51.8 Å². The van der Waals surface area contributed by atoms with Crippen LogP contribution >= 0.6 is 15.9 Å². The van der Waals surface area contributed by atoms with Gasteiger partial charge in [-0.1, -0.05) is 22.9 Å². The van der Waals surface area contributed by atoms with Gasteiger partial charge in [-0.3, -0.25) is 4.72 Å². The van der Waals surface area contributed by atoms with Crippen molar-refractivity contribution in [3.63, 3.8) is 0 Å². The first kappa shape index (κ1) is 22.0. The molecule has 0 saturated carbocycles. The SMILES string of the molecule is CCCOC(=O)c1ccc(NS(=O)(=O)c2ccc(Br)cc2OC(F)(F)F)cc1. The molecule has 0 aliphatic rings. The lowest BCUT2D eigenvalue weighted by Crippen LogP contribution is -2.21. The largest absolute Gasteiger partial charge is 0.573 e. The van der Waals surface area contributed by atoms with E-state index in [9.17, 15) is 26.4 Å². The standard InChI is InChI=1S/C17H15BrF3NO5S/c1-2-9-26-16(23)11-3-6-13(7-4-11)22-28(24,25)15-8-5-12(18)10-14(15)27-17(19,20)21/h3-8,10,22H,2,9H2,1H3. The number of alkyl halides is 3. The monoisotopic (exact) mass is 481 g/mol. The van der Waals surface area contributed by atoms with Crippen molar-refractivity contribution in [2.45, 2.75) is 24.6 Å². The van der Waals surface area contributed by atoms with Gasteiger partial charge in [0.15, 0.2) is 5.75 Å². The average Bonchev–Trinajstić information content (AvgIpc) is 2.58. The van der Waals surface area contributed by atoms with E-state index in [1.807, 2.05) is 6.92 Å². The zero-order chi connectivity index (χ0) is 20.9.